The second kappa shape index (κ2) is 1.94. The van der Waals surface area contributed by atoms with Gasteiger partial charge in [0.1, 0.15) is 0 Å². The van der Waals surface area contributed by atoms with Gasteiger partial charge in [-0.3, -0.25) is 9.98 Å². The molecule has 1 aromatic rings. The highest BCUT2D eigenvalue weighted by atomic mass is 15.0. The van der Waals surface area contributed by atoms with Gasteiger partial charge in [-0.05, 0) is 0 Å². The Morgan fingerprint density at radius 3 is 3.25 bits per heavy atom. The van der Waals surface area contributed by atoms with Gasteiger partial charge in [-0.1, -0.05) is 0 Å². The molecule has 1 aromatic heterocycles. The van der Waals surface area contributed by atoms with Gasteiger partial charge in [-0.25, -0.2) is 0 Å². The van der Waals surface area contributed by atoms with Gasteiger partial charge in [-0.2, -0.15) is 0 Å². The van der Waals surface area contributed by atoms with Crippen LogP contribution in [0.3, 0.4) is 0 Å². The molecule has 0 radical (unpaired) electrons. The van der Waals surface area contributed by atoms with Crippen LogP contribution in [0, 0.1) is 0 Å². The normalized spacial score (nSPS) is 16.7. The molecule has 0 atom stereocenters. The van der Waals surface area contributed by atoms with E-state index in [0.29, 0.717) is 0 Å². The molecule has 58 valence electrons. The van der Waals surface area contributed by atoms with Crippen molar-refractivity contribution in [3.05, 3.63) is 22.3 Å². The molecule has 3 heteroatoms. The molecule has 0 bridgehead atoms. The molecule has 2 aliphatic rings. The Bertz CT molecular complexity index is 503. The molecular weight excluding hydrogens is 150 g/mol. The third-order valence-electron chi connectivity index (χ3n) is 2.19. The standard InChI is InChI=1S/C9H7N3/c1-2-12-6-7-3-11-4-8(7)9(12)5-10-1/h1,3-6H,2H2. The largest absolute Gasteiger partial charge is 0.340 e. The molecule has 2 aliphatic heterocycles. The SMILES string of the molecule is C1=NC=c2c3c(cn2C1)C=NC=3. The van der Waals surface area contributed by atoms with Crippen LogP contribution in [0.15, 0.2) is 16.2 Å². The Labute approximate surface area is 69.1 Å². The molecule has 3 nitrogen and oxygen atoms in total. The van der Waals surface area contributed by atoms with Gasteiger partial charge >= 0.3 is 0 Å². The van der Waals surface area contributed by atoms with Crippen LogP contribution >= 0.6 is 0 Å². The summed E-state index contributed by atoms with van der Waals surface area (Å²) in [4.78, 5) is 8.21. The van der Waals surface area contributed by atoms with Crippen LogP contribution in [0.1, 0.15) is 5.56 Å². The predicted molar refractivity (Wildman–Crippen MR) is 48.7 cm³/mol. The van der Waals surface area contributed by atoms with Gasteiger partial charge in [0, 0.05) is 35.6 Å². The topological polar surface area (TPSA) is 29.6 Å². The second-order valence-electron chi connectivity index (χ2n) is 2.90. The van der Waals surface area contributed by atoms with Crippen LogP contribution < -0.4 is 10.6 Å². The number of rotatable bonds is 0. The number of fused-ring (bicyclic) bond motifs is 3. The van der Waals surface area contributed by atoms with Crippen molar-refractivity contribution in [3.8, 4) is 0 Å². The lowest BCUT2D eigenvalue weighted by molar-refractivity contribution is 0.828. The van der Waals surface area contributed by atoms with E-state index in [0.717, 1.165) is 6.54 Å². The van der Waals surface area contributed by atoms with Crippen molar-refractivity contribution in [3.63, 3.8) is 0 Å². The lowest BCUT2D eigenvalue weighted by atomic mass is 10.3. The summed E-state index contributed by atoms with van der Waals surface area (Å²) < 4.78 is 2.18. The maximum absolute atomic E-state index is 4.12. The molecule has 0 spiro atoms. The Balaban J connectivity index is 2.50. The first-order valence-corrected chi connectivity index (χ1v) is 3.89. The first-order valence-electron chi connectivity index (χ1n) is 3.89. The molecule has 0 saturated heterocycles. The monoisotopic (exact) mass is 157 g/mol. The number of hydrogen-bond acceptors (Lipinski definition) is 2. The van der Waals surface area contributed by atoms with E-state index >= 15 is 0 Å². The lowest BCUT2D eigenvalue weighted by Gasteiger charge is -2.00. The first-order chi connectivity index (χ1) is 5.95. The first kappa shape index (κ1) is 5.94. The Kier molecular flexibility index (Phi) is 0.961. The molecule has 0 amide bonds. The zero-order valence-corrected chi connectivity index (χ0v) is 6.44. The number of aliphatic imine (C=N–C) groups is 2. The van der Waals surface area contributed by atoms with E-state index in [1.165, 1.54) is 16.1 Å². The maximum atomic E-state index is 4.12. The van der Waals surface area contributed by atoms with Crippen LogP contribution in [-0.4, -0.2) is 17.0 Å². The molecule has 12 heavy (non-hydrogen) atoms. The van der Waals surface area contributed by atoms with Crippen LogP contribution in [-0.2, 0) is 6.54 Å². The van der Waals surface area contributed by atoms with E-state index in [1.54, 1.807) is 0 Å². The van der Waals surface area contributed by atoms with Crippen LogP contribution in [0.2, 0.25) is 0 Å². The van der Waals surface area contributed by atoms with Crippen LogP contribution in [0.25, 0.3) is 12.4 Å². The van der Waals surface area contributed by atoms with Crippen LogP contribution in [0.5, 0.6) is 0 Å². The number of aromatic nitrogens is 1. The van der Waals surface area contributed by atoms with Crippen molar-refractivity contribution in [2.24, 2.45) is 9.98 Å². The fourth-order valence-corrected chi connectivity index (χ4v) is 1.60. The number of nitrogens with zero attached hydrogens (tertiary/aromatic N) is 3. The lowest BCUT2D eigenvalue weighted by Crippen LogP contribution is -2.31. The molecule has 0 unspecified atom stereocenters. The zero-order valence-electron chi connectivity index (χ0n) is 6.44. The van der Waals surface area contributed by atoms with Gasteiger partial charge in [0.2, 0.25) is 0 Å². The minimum atomic E-state index is 0.876. The minimum absolute atomic E-state index is 0.876. The summed E-state index contributed by atoms with van der Waals surface area (Å²) in [6.07, 6.45) is 9.67. The average molecular weight is 157 g/mol. The molecule has 0 aromatic carbocycles. The van der Waals surface area contributed by atoms with Gasteiger partial charge < -0.3 is 4.57 Å². The molecular formula is C9H7N3. The number of hydrogen-bond donors (Lipinski definition) is 0. The molecule has 0 aliphatic carbocycles. The summed E-state index contributed by atoms with van der Waals surface area (Å²) >= 11 is 0. The van der Waals surface area contributed by atoms with Crippen molar-refractivity contribution in [2.45, 2.75) is 6.54 Å². The van der Waals surface area contributed by atoms with E-state index in [-0.39, 0.29) is 0 Å². The van der Waals surface area contributed by atoms with Crippen LogP contribution in [0.4, 0.5) is 0 Å². The Morgan fingerprint density at radius 1 is 1.25 bits per heavy atom. The second-order valence-corrected chi connectivity index (χ2v) is 2.90. The minimum Gasteiger partial charge on any atom is -0.340 e. The van der Waals surface area contributed by atoms with Crippen molar-refractivity contribution in [1.82, 2.24) is 4.57 Å². The summed E-state index contributed by atoms with van der Waals surface area (Å²) in [6, 6.07) is 0. The van der Waals surface area contributed by atoms with E-state index in [4.69, 9.17) is 0 Å². The van der Waals surface area contributed by atoms with Gasteiger partial charge in [0.05, 0.1) is 18.1 Å². The van der Waals surface area contributed by atoms with Crippen molar-refractivity contribution >= 4 is 24.8 Å². The molecule has 0 fully saturated rings. The molecule has 0 saturated carbocycles. The Morgan fingerprint density at radius 2 is 2.25 bits per heavy atom. The summed E-state index contributed by atoms with van der Waals surface area (Å²) in [5.74, 6) is 0. The van der Waals surface area contributed by atoms with E-state index < -0.39 is 0 Å². The predicted octanol–water partition coefficient (Wildman–Crippen LogP) is -0.519. The van der Waals surface area contributed by atoms with Gasteiger partial charge in [0.15, 0.2) is 0 Å². The van der Waals surface area contributed by atoms with Gasteiger partial charge in [-0.15, -0.1) is 0 Å². The summed E-state index contributed by atoms with van der Waals surface area (Å²) in [5, 5.41) is 2.37. The van der Waals surface area contributed by atoms with Crippen molar-refractivity contribution < 1.29 is 0 Å². The average Bonchev–Trinajstić information content (AvgIpc) is 2.62. The third-order valence-corrected chi connectivity index (χ3v) is 2.19. The smallest absolute Gasteiger partial charge is 0.0691 e. The van der Waals surface area contributed by atoms with E-state index in [2.05, 4.69) is 20.7 Å². The highest BCUT2D eigenvalue weighted by molar-refractivity contribution is 5.85. The van der Waals surface area contributed by atoms with Crippen molar-refractivity contribution in [1.29, 1.82) is 0 Å². The van der Waals surface area contributed by atoms with Crippen molar-refractivity contribution in [2.75, 3.05) is 0 Å². The summed E-state index contributed by atoms with van der Waals surface area (Å²) in [6.45, 7) is 0.876. The summed E-state index contributed by atoms with van der Waals surface area (Å²) in [5.41, 5.74) is 1.20. The fourth-order valence-electron chi connectivity index (χ4n) is 1.60. The van der Waals surface area contributed by atoms with E-state index in [1.807, 2.05) is 24.8 Å². The Hall–Kier alpha value is -1.64. The quantitative estimate of drug-likeness (QED) is 0.485. The highest BCUT2D eigenvalue weighted by Crippen LogP contribution is 1.94. The zero-order chi connectivity index (χ0) is 7.97. The molecule has 0 N–H and O–H groups in total. The van der Waals surface area contributed by atoms with Gasteiger partial charge in [0.25, 0.3) is 0 Å². The van der Waals surface area contributed by atoms with E-state index in [9.17, 15) is 0 Å². The highest BCUT2D eigenvalue weighted by Gasteiger charge is 2.06. The molecule has 3 rings (SSSR count). The maximum Gasteiger partial charge on any atom is 0.0691 e. The fraction of sp³-hybridized carbons (Fsp3) is 0.111. The summed E-state index contributed by atoms with van der Waals surface area (Å²) in [7, 11) is 0. The molecule has 3 heterocycles. The third kappa shape index (κ3) is 0.605.